The fraction of sp³-hybridized carbons (Fsp3) is 0.250. The van der Waals surface area contributed by atoms with Gasteiger partial charge in [-0.2, -0.15) is 13.2 Å². The molecule has 6 heteroatoms. The molecule has 0 saturated heterocycles. The van der Waals surface area contributed by atoms with E-state index < -0.39 is 17.7 Å². The Morgan fingerprint density at radius 1 is 1.50 bits per heavy atom. The van der Waals surface area contributed by atoms with Crippen LogP contribution in [0.5, 0.6) is 0 Å². The van der Waals surface area contributed by atoms with Gasteiger partial charge in [0.2, 0.25) is 0 Å². The van der Waals surface area contributed by atoms with E-state index in [-0.39, 0.29) is 11.1 Å². The van der Waals surface area contributed by atoms with Crippen molar-refractivity contribution in [2.75, 3.05) is 0 Å². The van der Waals surface area contributed by atoms with Crippen LogP contribution in [0.3, 0.4) is 0 Å². The zero-order valence-electron chi connectivity index (χ0n) is 7.11. The molecule has 0 aliphatic carbocycles. The van der Waals surface area contributed by atoms with Crippen molar-refractivity contribution in [2.45, 2.75) is 13.1 Å². The summed E-state index contributed by atoms with van der Waals surface area (Å²) < 4.78 is 35.9. The van der Waals surface area contributed by atoms with E-state index in [0.717, 1.165) is 6.20 Å². The van der Waals surface area contributed by atoms with Crippen molar-refractivity contribution in [1.29, 1.82) is 0 Å². The first-order valence-electron chi connectivity index (χ1n) is 3.62. The topological polar surface area (TPSA) is 49.9 Å². The monoisotopic (exact) mass is 205 g/mol. The van der Waals surface area contributed by atoms with Gasteiger partial charge in [0.05, 0.1) is 5.69 Å². The third-order valence-corrected chi connectivity index (χ3v) is 1.79. The zero-order chi connectivity index (χ0) is 10.9. The molecule has 76 valence electrons. The highest BCUT2D eigenvalue weighted by Crippen LogP contribution is 2.23. The van der Waals surface area contributed by atoms with Crippen LogP contribution in [0.1, 0.15) is 26.4 Å². The first kappa shape index (κ1) is 10.5. The maximum absolute atomic E-state index is 12.0. The van der Waals surface area contributed by atoms with Crippen LogP contribution < -0.4 is 0 Å². The highest BCUT2D eigenvalue weighted by atomic mass is 19.4. The summed E-state index contributed by atoms with van der Waals surface area (Å²) in [5.74, 6) is -1.97. The van der Waals surface area contributed by atoms with E-state index in [1.807, 2.05) is 0 Å². The number of hydrogen-bond donors (Lipinski definition) is 1. The number of halogens is 3. The van der Waals surface area contributed by atoms with Gasteiger partial charge in [-0.05, 0) is 12.5 Å². The van der Waals surface area contributed by atoms with E-state index in [2.05, 4.69) is 4.98 Å². The SMILES string of the molecule is Cc1c(C=O)c[nH]c1C(=O)C(F)(F)F. The lowest BCUT2D eigenvalue weighted by Gasteiger charge is -2.03. The molecule has 1 rings (SSSR count). The third-order valence-electron chi connectivity index (χ3n) is 1.79. The summed E-state index contributed by atoms with van der Waals surface area (Å²) in [5.41, 5.74) is -0.514. The number of aromatic amines is 1. The largest absolute Gasteiger partial charge is 0.456 e. The van der Waals surface area contributed by atoms with Gasteiger partial charge >= 0.3 is 6.18 Å². The van der Waals surface area contributed by atoms with E-state index >= 15 is 0 Å². The molecule has 0 aromatic carbocycles. The van der Waals surface area contributed by atoms with Crippen LogP contribution >= 0.6 is 0 Å². The van der Waals surface area contributed by atoms with Crippen molar-refractivity contribution in [2.24, 2.45) is 0 Å². The van der Waals surface area contributed by atoms with Crippen LogP contribution in [0.4, 0.5) is 13.2 Å². The smallest absolute Gasteiger partial charge is 0.358 e. The molecule has 1 aromatic rings. The number of Topliss-reactive ketones (excluding diaryl/α,β-unsaturated/α-hetero) is 1. The van der Waals surface area contributed by atoms with Gasteiger partial charge in [0.25, 0.3) is 5.78 Å². The highest BCUT2D eigenvalue weighted by molar-refractivity contribution is 6.01. The minimum Gasteiger partial charge on any atom is -0.358 e. The number of carbonyl (C=O) groups excluding carboxylic acids is 2. The number of rotatable bonds is 2. The average Bonchev–Trinajstić information content (AvgIpc) is 2.43. The quantitative estimate of drug-likeness (QED) is 0.592. The average molecular weight is 205 g/mol. The standard InChI is InChI=1S/C8H6F3NO2/c1-4-5(3-13)2-12-6(4)7(14)8(9,10)11/h2-3,12H,1H3. The Kier molecular flexibility index (Phi) is 2.46. The Labute approximate surface area is 76.9 Å². The predicted molar refractivity (Wildman–Crippen MR) is 41.3 cm³/mol. The lowest BCUT2D eigenvalue weighted by molar-refractivity contribution is -0.0888. The molecule has 0 aliphatic rings. The molecule has 0 saturated carbocycles. The molecule has 0 bridgehead atoms. The van der Waals surface area contributed by atoms with E-state index in [4.69, 9.17) is 0 Å². The maximum atomic E-state index is 12.0. The number of nitrogens with one attached hydrogen (secondary N) is 1. The Balaban J connectivity index is 3.15. The van der Waals surface area contributed by atoms with Crippen molar-refractivity contribution >= 4 is 12.1 Å². The normalized spacial score (nSPS) is 11.4. The minimum absolute atomic E-state index is 0.0160. The van der Waals surface area contributed by atoms with Crippen molar-refractivity contribution in [3.8, 4) is 0 Å². The first-order valence-corrected chi connectivity index (χ1v) is 3.62. The van der Waals surface area contributed by atoms with E-state index in [9.17, 15) is 22.8 Å². The van der Waals surface area contributed by atoms with Crippen LogP contribution in [-0.2, 0) is 0 Å². The van der Waals surface area contributed by atoms with Gasteiger partial charge in [0.15, 0.2) is 6.29 Å². The predicted octanol–water partition coefficient (Wildman–Crippen LogP) is 1.88. The van der Waals surface area contributed by atoms with Crippen LogP contribution in [0.2, 0.25) is 0 Å². The van der Waals surface area contributed by atoms with Crippen molar-refractivity contribution in [3.05, 3.63) is 23.0 Å². The molecule has 0 fully saturated rings. The summed E-state index contributed by atoms with van der Waals surface area (Å²) in [6, 6.07) is 0. The molecule has 1 aromatic heterocycles. The molecule has 0 amide bonds. The Hall–Kier alpha value is -1.59. The van der Waals surface area contributed by atoms with E-state index in [1.54, 1.807) is 0 Å². The van der Waals surface area contributed by atoms with Gasteiger partial charge in [0, 0.05) is 11.8 Å². The summed E-state index contributed by atoms with van der Waals surface area (Å²) in [5, 5.41) is 0. The molecule has 0 unspecified atom stereocenters. The Bertz CT molecular complexity index is 378. The van der Waals surface area contributed by atoms with Gasteiger partial charge in [-0.25, -0.2) is 0 Å². The summed E-state index contributed by atoms with van der Waals surface area (Å²) in [4.78, 5) is 23.2. The van der Waals surface area contributed by atoms with Crippen molar-refractivity contribution < 1.29 is 22.8 Å². The number of alkyl halides is 3. The van der Waals surface area contributed by atoms with Crippen molar-refractivity contribution in [1.82, 2.24) is 4.98 Å². The Morgan fingerprint density at radius 2 is 2.07 bits per heavy atom. The number of aromatic nitrogens is 1. The van der Waals surface area contributed by atoms with E-state index in [0.29, 0.717) is 6.29 Å². The lowest BCUT2D eigenvalue weighted by Crippen LogP contribution is -2.23. The molecule has 0 atom stereocenters. The van der Waals surface area contributed by atoms with Crippen LogP contribution in [0.25, 0.3) is 0 Å². The number of H-pyrrole nitrogens is 1. The van der Waals surface area contributed by atoms with E-state index in [1.165, 1.54) is 6.92 Å². The third kappa shape index (κ3) is 1.68. The van der Waals surface area contributed by atoms with Gasteiger partial charge in [-0.1, -0.05) is 0 Å². The second-order valence-electron chi connectivity index (χ2n) is 2.69. The van der Waals surface area contributed by atoms with Crippen LogP contribution in [-0.4, -0.2) is 23.2 Å². The highest BCUT2D eigenvalue weighted by Gasteiger charge is 2.41. The minimum atomic E-state index is -4.92. The second-order valence-corrected chi connectivity index (χ2v) is 2.69. The van der Waals surface area contributed by atoms with Crippen molar-refractivity contribution in [3.63, 3.8) is 0 Å². The molecule has 1 heterocycles. The molecule has 0 aliphatic heterocycles. The number of ketones is 1. The fourth-order valence-electron chi connectivity index (χ4n) is 1.01. The van der Waals surface area contributed by atoms with Gasteiger partial charge in [0.1, 0.15) is 0 Å². The Morgan fingerprint density at radius 3 is 2.43 bits per heavy atom. The molecule has 14 heavy (non-hydrogen) atoms. The summed E-state index contributed by atoms with van der Waals surface area (Å²) in [6.45, 7) is 1.28. The van der Waals surface area contributed by atoms with Crippen LogP contribution in [0, 0.1) is 6.92 Å². The van der Waals surface area contributed by atoms with Crippen LogP contribution in [0.15, 0.2) is 6.20 Å². The van der Waals surface area contributed by atoms with Gasteiger partial charge in [-0.3, -0.25) is 9.59 Å². The first-order chi connectivity index (χ1) is 6.38. The number of aldehydes is 1. The molecule has 0 radical (unpaired) electrons. The second kappa shape index (κ2) is 3.28. The molecule has 0 spiro atoms. The zero-order valence-corrected chi connectivity index (χ0v) is 7.11. The van der Waals surface area contributed by atoms with Gasteiger partial charge < -0.3 is 4.98 Å². The number of hydrogen-bond acceptors (Lipinski definition) is 2. The molecular weight excluding hydrogens is 199 g/mol. The summed E-state index contributed by atoms with van der Waals surface area (Å²) in [6.07, 6.45) is -3.46. The maximum Gasteiger partial charge on any atom is 0.456 e. The molecular formula is C8H6F3NO2. The fourth-order valence-corrected chi connectivity index (χ4v) is 1.01. The summed E-state index contributed by atoms with van der Waals surface area (Å²) in [7, 11) is 0. The lowest BCUT2D eigenvalue weighted by atomic mass is 10.1. The summed E-state index contributed by atoms with van der Waals surface area (Å²) >= 11 is 0. The molecule has 1 N–H and O–H groups in total. The number of carbonyl (C=O) groups is 2. The van der Waals surface area contributed by atoms with Gasteiger partial charge in [-0.15, -0.1) is 0 Å². The molecule has 3 nitrogen and oxygen atoms in total.